The molecule has 1 aromatic heterocycles. The number of aryl methyl sites for hydroxylation is 2. The minimum atomic E-state index is -0.939. The second kappa shape index (κ2) is 8.77. The topological polar surface area (TPSA) is 79.3 Å². The summed E-state index contributed by atoms with van der Waals surface area (Å²) >= 11 is 1.60. The smallest absolute Gasteiger partial charge is 0.305 e. The Hall–Kier alpha value is -2.73. The van der Waals surface area contributed by atoms with Crippen LogP contribution in [-0.2, 0) is 16.0 Å². The number of carbonyl (C=O) groups is 2. The van der Waals surface area contributed by atoms with Crippen molar-refractivity contribution in [1.29, 1.82) is 0 Å². The quantitative estimate of drug-likeness (QED) is 0.610. The van der Waals surface area contributed by atoms with Gasteiger partial charge in [-0.2, -0.15) is 0 Å². The molecule has 5 nitrogen and oxygen atoms in total. The lowest BCUT2D eigenvalue weighted by atomic mass is 9.99. The summed E-state index contributed by atoms with van der Waals surface area (Å²) in [5, 5.41) is 17.3. The molecule has 2 aromatic carbocycles. The molecule has 0 fully saturated rings. The Morgan fingerprint density at radius 3 is 2.67 bits per heavy atom. The van der Waals surface area contributed by atoms with E-state index < -0.39 is 12.0 Å². The fraction of sp³-hybridized carbons (Fsp3) is 0.286. The molecule has 1 amide bonds. The number of fused-ring (bicyclic) bond motifs is 1. The van der Waals surface area contributed by atoms with Gasteiger partial charge in [-0.25, -0.2) is 4.98 Å². The van der Waals surface area contributed by atoms with Crippen molar-refractivity contribution >= 4 is 34.0 Å². The number of benzene rings is 2. The van der Waals surface area contributed by atoms with Crippen LogP contribution in [0.15, 0.2) is 47.8 Å². The highest BCUT2D eigenvalue weighted by molar-refractivity contribution is 7.09. The van der Waals surface area contributed by atoms with E-state index in [2.05, 4.69) is 10.3 Å². The molecule has 0 radical (unpaired) electrons. The summed E-state index contributed by atoms with van der Waals surface area (Å²) in [5.41, 5.74) is 1.81. The average molecular weight is 382 g/mol. The lowest BCUT2D eigenvalue weighted by molar-refractivity contribution is -0.137. The summed E-state index contributed by atoms with van der Waals surface area (Å²) in [6.45, 7) is 1.96. The van der Waals surface area contributed by atoms with Crippen LogP contribution in [0, 0.1) is 6.92 Å². The van der Waals surface area contributed by atoms with Crippen molar-refractivity contribution in [1.82, 2.24) is 10.3 Å². The van der Waals surface area contributed by atoms with Crippen LogP contribution >= 0.6 is 11.3 Å². The summed E-state index contributed by atoms with van der Waals surface area (Å²) in [5.74, 6) is -1.08. The molecule has 1 heterocycles. The van der Waals surface area contributed by atoms with Gasteiger partial charge in [0.2, 0.25) is 5.91 Å². The minimum absolute atomic E-state index is 0.138. The number of hydrogen-bond donors (Lipinski definition) is 2. The van der Waals surface area contributed by atoms with Gasteiger partial charge in [-0.3, -0.25) is 9.59 Å². The van der Waals surface area contributed by atoms with Crippen LogP contribution in [0.25, 0.3) is 10.8 Å². The highest BCUT2D eigenvalue weighted by Crippen LogP contribution is 2.23. The fourth-order valence-electron chi connectivity index (χ4n) is 3.07. The number of hydrogen-bond acceptors (Lipinski definition) is 4. The van der Waals surface area contributed by atoms with Crippen LogP contribution in [0.4, 0.5) is 0 Å². The Kier molecular flexibility index (Phi) is 6.19. The second-order valence-corrected chi connectivity index (χ2v) is 7.60. The Morgan fingerprint density at radius 1 is 1.19 bits per heavy atom. The van der Waals surface area contributed by atoms with Crippen LogP contribution in [0.2, 0.25) is 0 Å². The Morgan fingerprint density at radius 2 is 1.96 bits per heavy atom. The number of aliphatic carboxylic acids is 1. The van der Waals surface area contributed by atoms with Gasteiger partial charge < -0.3 is 10.4 Å². The van der Waals surface area contributed by atoms with Crippen molar-refractivity contribution in [2.45, 2.75) is 38.6 Å². The maximum Gasteiger partial charge on any atom is 0.305 e. The average Bonchev–Trinajstić information content (AvgIpc) is 3.05. The predicted octanol–water partition coefficient (Wildman–Crippen LogP) is 4.26. The number of nitrogens with one attached hydrogen (secondary N) is 1. The van der Waals surface area contributed by atoms with E-state index >= 15 is 0 Å². The van der Waals surface area contributed by atoms with Crippen LogP contribution in [0.1, 0.15) is 41.6 Å². The van der Waals surface area contributed by atoms with Gasteiger partial charge in [0.25, 0.3) is 0 Å². The molecule has 6 heteroatoms. The third-order valence-electron chi connectivity index (χ3n) is 4.39. The molecule has 27 heavy (non-hydrogen) atoms. The van der Waals surface area contributed by atoms with Crippen molar-refractivity contribution in [3.63, 3.8) is 0 Å². The summed E-state index contributed by atoms with van der Waals surface area (Å²) in [4.78, 5) is 28.0. The monoisotopic (exact) mass is 382 g/mol. The summed E-state index contributed by atoms with van der Waals surface area (Å²) in [6.07, 6.45) is 1.64. The van der Waals surface area contributed by atoms with E-state index in [1.54, 1.807) is 11.3 Å². The van der Waals surface area contributed by atoms with Crippen molar-refractivity contribution in [3.05, 3.63) is 64.1 Å². The van der Waals surface area contributed by atoms with E-state index in [1.807, 2.05) is 54.8 Å². The van der Waals surface area contributed by atoms with E-state index in [0.29, 0.717) is 12.8 Å². The van der Waals surface area contributed by atoms with Gasteiger partial charge in [0, 0.05) is 11.8 Å². The maximum absolute atomic E-state index is 12.3. The highest BCUT2D eigenvalue weighted by Gasteiger charge is 2.18. The maximum atomic E-state index is 12.3. The molecule has 3 aromatic rings. The molecule has 0 unspecified atom stereocenters. The number of carbonyl (C=O) groups excluding carboxylic acids is 1. The van der Waals surface area contributed by atoms with Gasteiger partial charge >= 0.3 is 5.97 Å². The molecule has 3 rings (SSSR count). The van der Waals surface area contributed by atoms with Gasteiger partial charge in [-0.1, -0.05) is 36.4 Å². The number of carboxylic acids is 1. The molecule has 2 N–H and O–H groups in total. The first-order valence-corrected chi connectivity index (χ1v) is 9.80. The largest absolute Gasteiger partial charge is 0.481 e. The number of aromatic nitrogens is 1. The summed E-state index contributed by atoms with van der Waals surface area (Å²) in [6, 6.07) is 13.1. The molecule has 140 valence electrons. The molecule has 0 bridgehead atoms. The minimum Gasteiger partial charge on any atom is -0.481 e. The van der Waals surface area contributed by atoms with E-state index in [0.717, 1.165) is 33.5 Å². The van der Waals surface area contributed by atoms with Crippen LogP contribution in [0.3, 0.4) is 0 Å². The van der Waals surface area contributed by atoms with Crippen LogP contribution in [0.5, 0.6) is 0 Å². The summed E-state index contributed by atoms with van der Waals surface area (Å²) < 4.78 is 0. The molecule has 0 aliphatic carbocycles. The number of amides is 1. The normalized spacial score (nSPS) is 12.0. The molecule has 0 spiro atoms. The van der Waals surface area contributed by atoms with Gasteiger partial charge in [0.05, 0.1) is 23.2 Å². The van der Waals surface area contributed by atoms with E-state index in [1.165, 1.54) is 0 Å². The Balaban J connectivity index is 1.64. The highest BCUT2D eigenvalue weighted by atomic mass is 32.1. The van der Waals surface area contributed by atoms with Crippen molar-refractivity contribution in [2.75, 3.05) is 0 Å². The zero-order chi connectivity index (χ0) is 19.2. The summed E-state index contributed by atoms with van der Waals surface area (Å²) in [7, 11) is 0. The van der Waals surface area contributed by atoms with Gasteiger partial charge in [-0.15, -0.1) is 11.3 Å². The van der Waals surface area contributed by atoms with E-state index in [4.69, 9.17) is 0 Å². The number of carboxylic acid groups (broad SMARTS) is 1. The molecule has 1 atom stereocenters. The van der Waals surface area contributed by atoms with Crippen molar-refractivity contribution < 1.29 is 14.7 Å². The molecule has 0 saturated heterocycles. The zero-order valence-electron chi connectivity index (χ0n) is 15.1. The lowest BCUT2D eigenvalue weighted by Crippen LogP contribution is -2.30. The number of nitrogens with zero attached hydrogens (tertiary/aromatic N) is 1. The van der Waals surface area contributed by atoms with Gasteiger partial charge in [0.1, 0.15) is 0 Å². The number of thiazole rings is 1. The van der Waals surface area contributed by atoms with Crippen molar-refractivity contribution in [3.8, 4) is 0 Å². The number of rotatable bonds is 8. The van der Waals surface area contributed by atoms with E-state index in [9.17, 15) is 14.7 Å². The molecular formula is C21H22N2O3S. The third-order valence-corrected chi connectivity index (χ3v) is 5.22. The lowest BCUT2D eigenvalue weighted by Gasteiger charge is -2.18. The standard InChI is InChI=1S/C21H22N2O3S/c1-14-22-18(13-27-14)7-4-8-20(24)23-19(12-21(25)26)17-10-9-15-5-2-3-6-16(15)11-17/h2-3,5-6,9-11,13,19H,4,7-8,12H2,1H3,(H,23,24)(H,25,26)/t19-/m0/s1. The first kappa shape index (κ1) is 19.0. The first-order valence-electron chi connectivity index (χ1n) is 8.92. The van der Waals surface area contributed by atoms with Gasteiger partial charge in [0.15, 0.2) is 0 Å². The van der Waals surface area contributed by atoms with Crippen LogP contribution in [-0.4, -0.2) is 22.0 Å². The molecule has 0 saturated carbocycles. The first-order chi connectivity index (χ1) is 13.0. The fourth-order valence-corrected chi connectivity index (χ4v) is 3.72. The van der Waals surface area contributed by atoms with Crippen molar-refractivity contribution in [2.24, 2.45) is 0 Å². The van der Waals surface area contributed by atoms with Gasteiger partial charge in [-0.05, 0) is 42.2 Å². The molecular weight excluding hydrogens is 360 g/mol. The van der Waals surface area contributed by atoms with E-state index in [-0.39, 0.29) is 12.3 Å². The predicted molar refractivity (Wildman–Crippen MR) is 107 cm³/mol. The second-order valence-electron chi connectivity index (χ2n) is 6.54. The molecule has 0 aliphatic rings. The Bertz CT molecular complexity index is 951. The third kappa shape index (κ3) is 5.37. The zero-order valence-corrected chi connectivity index (χ0v) is 16.0. The van der Waals surface area contributed by atoms with Crippen LogP contribution < -0.4 is 5.32 Å². The SMILES string of the molecule is Cc1nc(CCCC(=O)N[C@@H](CC(=O)O)c2ccc3ccccc3c2)cs1. The molecule has 0 aliphatic heterocycles. The Labute approximate surface area is 162 Å².